The highest BCUT2D eigenvalue weighted by atomic mass is 32.2. The lowest BCUT2D eigenvalue weighted by Gasteiger charge is -2.26. The molecule has 0 bridgehead atoms. The second-order valence-corrected chi connectivity index (χ2v) is 9.43. The van der Waals surface area contributed by atoms with E-state index < -0.39 is 10.1 Å². The standard InChI is InChI=1S/C22H35NO5S/c1-3-4-5-6-7-8-11-22(24)23(18-21-10-9-16-27-21)17-19-12-14-20(15-13-19)28-29(2,25)26/h12-15,21H,3-11,16-18H2,1-2H3. The van der Waals surface area contributed by atoms with E-state index in [0.717, 1.165) is 44.1 Å². The second-order valence-electron chi connectivity index (χ2n) is 7.86. The van der Waals surface area contributed by atoms with E-state index in [-0.39, 0.29) is 17.8 Å². The van der Waals surface area contributed by atoms with Gasteiger partial charge in [0, 0.05) is 26.1 Å². The van der Waals surface area contributed by atoms with Crippen LogP contribution >= 0.6 is 0 Å². The first-order valence-electron chi connectivity index (χ1n) is 10.7. The second kappa shape index (κ2) is 12.2. The van der Waals surface area contributed by atoms with Gasteiger partial charge in [-0.15, -0.1) is 0 Å². The number of carbonyl (C=O) groups is 1. The molecule has 1 aromatic carbocycles. The summed E-state index contributed by atoms with van der Waals surface area (Å²) < 4.78 is 33.1. The first-order valence-corrected chi connectivity index (χ1v) is 12.6. The van der Waals surface area contributed by atoms with Gasteiger partial charge in [0.25, 0.3) is 0 Å². The zero-order valence-corrected chi connectivity index (χ0v) is 18.6. The molecule has 1 heterocycles. The molecule has 1 fully saturated rings. The fourth-order valence-corrected chi connectivity index (χ4v) is 4.01. The van der Waals surface area contributed by atoms with Crippen LogP contribution in [-0.4, -0.2) is 44.7 Å². The zero-order chi connectivity index (χ0) is 21.1. The van der Waals surface area contributed by atoms with Gasteiger partial charge in [-0.1, -0.05) is 51.2 Å². The minimum Gasteiger partial charge on any atom is -0.383 e. The summed E-state index contributed by atoms with van der Waals surface area (Å²) in [5.74, 6) is 0.438. The Morgan fingerprint density at radius 1 is 1.14 bits per heavy atom. The van der Waals surface area contributed by atoms with Gasteiger partial charge in [-0.05, 0) is 37.0 Å². The quantitative estimate of drug-likeness (QED) is 0.348. The average molecular weight is 426 g/mol. The van der Waals surface area contributed by atoms with E-state index in [0.29, 0.717) is 19.5 Å². The number of carbonyl (C=O) groups excluding carboxylic acids is 1. The van der Waals surface area contributed by atoms with Crippen LogP contribution in [0.25, 0.3) is 0 Å². The van der Waals surface area contributed by atoms with Crippen molar-refractivity contribution in [3.8, 4) is 5.75 Å². The lowest BCUT2D eigenvalue weighted by Crippen LogP contribution is -2.36. The van der Waals surface area contributed by atoms with Crippen molar-refractivity contribution in [2.75, 3.05) is 19.4 Å². The molecule has 1 aromatic rings. The van der Waals surface area contributed by atoms with Crippen molar-refractivity contribution in [1.82, 2.24) is 4.90 Å². The third kappa shape index (κ3) is 9.63. The van der Waals surface area contributed by atoms with Gasteiger partial charge < -0.3 is 13.8 Å². The van der Waals surface area contributed by atoms with Crippen LogP contribution in [0.1, 0.15) is 70.3 Å². The first-order chi connectivity index (χ1) is 13.9. The highest BCUT2D eigenvalue weighted by Gasteiger charge is 2.22. The van der Waals surface area contributed by atoms with Crippen molar-refractivity contribution in [3.05, 3.63) is 29.8 Å². The lowest BCUT2D eigenvalue weighted by molar-refractivity contribution is -0.133. The minimum atomic E-state index is -3.54. The number of rotatable bonds is 13. The van der Waals surface area contributed by atoms with Crippen LogP contribution in [0.4, 0.5) is 0 Å². The SMILES string of the molecule is CCCCCCCCC(=O)N(Cc1ccc(OS(C)(=O)=O)cc1)CC1CCCO1. The van der Waals surface area contributed by atoms with E-state index in [4.69, 9.17) is 8.92 Å². The Morgan fingerprint density at radius 3 is 2.45 bits per heavy atom. The lowest BCUT2D eigenvalue weighted by atomic mass is 10.1. The van der Waals surface area contributed by atoms with E-state index in [9.17, 15) is 13.2 Å². The first kappa shape index (κ1) is 23.7. The molecule has 1 saturated heterocycles. The van der Waals surface area contributed by atoms with Crippen molar-refractivity contribution in [2.45, 2.75) is 77.4 Å². The van der Waals surface area contributed by atoms with Gasteiger partial charge in [0.15, 0.2) is 0 Å². The third-order valence-corrected chi connectivity index (χ3v) is 5.58. The molecular weight excluding hydrogens is 390 g/mol. The van der Waals surface area contributed by atoms with Gasteiger partial charge in [-0.2, -0.15) is 8.42 Å². The summed E-state index contributed by atoms with van der Waals surface area (Å²) >= 11 is 0. The third-order valence-electron chi connectivity index (χ3n) is 5.09. The zero-order valence-electron chi connectivity index (χ0n) is 17.8. The van der Waals surface area contributed by atoms with Crippen LogP contribution in [0.2, 0.25) is 0 Å². The number of benzene rings is 1. The molecular formula is C22H35NO5S. The summed E-state index contributed by atoms with van der Waals surface area (Å²) in [6.45, 7) is 4.07. The number of amides is 1. The van der Waals surface area contributed by atoms with Crippen molar-refractivity contribution < 1.29 is 22.1 Å². The molecule has 2 rings (SSSR count). The molecule has 0 spiro atoms. The van der Waals surface area contributed by atoms with Gasteiger partial charge >= 0.3 is 10.1 Å². The molecule has 1 aliphatic heterocycles. The van der Waals surface area contributed by atoms with Crippen molar-refractivity contribution in [1.29, 1.82) is 0 Å². The fraction of sp³-hybridized carbons (Fsp3) is 0.682. The van der Waals surface area contributed by atoms with Crippen molar-refractivity contribution in [3.63, 3.8) is 0 Å². The molecule has 0 radical (unpaired) electrons. The van der Waals surface area contributed by atoms with Crippen LogP contribution < -0.4 is 4.18 Å². The summed E-state index contributed by atoms with van der Waals surface area (Å²) in [7, 11) is -3.54. The summed E-state index contributed by atoms with van der Waals surface area (Å²) in [5.41, 5.74) is 0.945. The maximum absolute atomic E-state index is 12.8. The average Bonchev–Trinajstić information content (AvgIpc) is 3.17. The van der Waals surface area contributed by atoms with Gasteiger partial charge in [0.1, 0.15) is 5.75 Å². The largest absolute Gasteiger partial charge is 0.383 e. The maximum atomic E-state index is 12.8. The highest BCUT2D eigenvalue weighted by molar-refractivity contribution is 7.86. The Bertz CT molecular complexity index is 711. The number of hydrogen-bond donors (Lipinski definition) is 0. The van der Waals surface area contributed by atoms with E-state index in [2.05, 4.69) is 6.92 Å². The monoisotopic (exact) mass is 425 g/mol. The Morgan fingerprint density at radius 2 is 1.83 bits per heavy atom. The predicted molar refractivity (Wildman–Crippen MR) is 114 cm³/mol. The van der Waals surface area contributed by atoms with Crippen LogP contribution in [0.3, 0.4) is 0 Å². The van der Waals surface area contributed by atoms with Crippen molar-refractivity contribution >= 4 is 16.0 Å². The predicted octanol–water partition coefficient (Wildman–Crippen LogP) is 4.28. The fourth-order valence-electron chi connectivity index (χ4n) is 3.55. The molecule has 1 unspecified atom stereocenters. The molecule has 0 N–H and O–H groups in total. The molecule has 6 nitrogen and oxygen atoms in total. The van der Waals surface area contributed by atoms with E-state index in [1.54, 1.807) is 24.3 Å². The maximum Gasteiger partial charge on any atom is 0.306 e. The van der Waals surface area contributed by atoms with Crippen LogP contribution in [-0.2, 0) is 26.2 Å². The van der Waals surface area contributed by atoms with Gasteiger partial charge in [0.2, 0.25) is 5.91 Å². The van der Waals surface area contributed by atoms with E-state index >= 15 is 0 Å². The van der Waals surface area contributed by atoms with Crippen LogP contribution in [0.15, 0.2) is 24.3 Å². The summed E-state index contributed by atoms with van der Waals surface area (Å²) in [6.07, 6.45) is 10.7. The molecule has 1 atom stereocenters. The smallest absolute Gasteiger partial charge is 0.306 e. The summed E-state index contributed by atoms with van der Waals surface area (Å²) in [6, 6.07) is 6.86. The Balaban J connectivity index is 1.91. The summed E-state index contributed by atoms with van der Waals surface area (Å²) in [4.78, 5) is 14.7. The topological polar surface area (TPSA) is 72.9 Å². The highest BCUT2D eigenvalue weighted by Crippen LogP contribution is 2.19. The minimum absolute atomic E-state index is 0.108. The number of ether oxygens (including phenoxy) is 1. The normalized spacial score (nSPS) is 16.7. The molecule has 0 aromatic heterocycles. The number of nitrogens with zero attached hydrogens (tertiary/aromatic N) is 1. The molecule has 1 aliphatic rings. The Kier molecular flexibility index (Phi) is 9.94. The number of hydrogen-bond acceptors (Lipinski definition) is 5. The molecule has 164 valence electrons. The van der Waals surface area contributed by atoms with Crippen LogP contribution in [0.5, 0.6) is 5.75 Å². The Hall–Kier alpha value is -1.60. The van der Waals surface area contributed by atoms with E-state index in [1.165, 1.54) is 25.7 Å². The molecule has 29 heavy (non-hydrogen) atoms. The molecule has 0 aliphatic carbocycles. The van der Waals surface area contributed by atoms with Crippen LogP contribution in [0, 0.1) is 0 Å². The Labute approximate surface area is 175 Å². The number of unbranched alkanes of at least 4 members (excludes halogenated alkanes) is 5. The summed E-state index contributed by atoms with van der Waals surface area (Å²) in [5, 5.41) is 0. The van der Waals surface area contributed by atoms with E-state index in [1.807, 2.05) is 4.90 Å². The molecule has 0 saturated carbocycles. The molecule has 7 heteroatoms. The van der Waals surface area contributed by atoms with Crippen molar-refractivity contribution in [2.24, 2.45) is 0 Å². The van der Waals surface area contributed by atoms with Gasteiger partial charge in [-0.3, -0.25) is 4.79 Å². The molecule has 1 amide bonds. The van der Waals surface area contributed by atoms with Gasteiger partial charge in [-0.25, -0.2) is 0 Å². The van der Waals surface area contributed by atoms with Gasteiger partial charge in [0.05, 0.1) is 12.4 Å².